The van der Waals surface area contributed by atoms with E-state index >= 15 is 0 Å². The fourth-order valence-electron chi connectivity index (χ4n) is 5.86. The minimum absolute atomic E-state index is 0.292. The number of thioether (sulfide) groups is 1. The molecule has 0 spiro atoms. The van der Waals surface area contributed by atoms with Gasteiger partial charge in [0.15, 0.2) is 0 Å². The van der Waals surface area contributed by atoms with Crippen LogP contribution in [0.25, 0.3) is 10.9 Å². The number of carboxylic acid groups (broad SMARTS) is 1. The van der Waals surface area contributed by atoms with Gasteiger partial charge in [-0.2, -0.15) is 11.8 Å². The Balaban J connectivity index is 1.30. The van der Waals surface area contributed by atoms with Crippen molar-refractivity contribution in [1.82, 2.24) is 9.88 Å². The Hall–Kier alpha value is -1.79. The molecule has 34 heavy (non-hydrogen) atoms. The van der Waals surface area contributed by atoms with Crippen molar-refractivity contribution in [2.75, 3.05) is 32.5 Å². The van der Waals surface area contributed by atoms with Crippen LogP contribution >= 0.6 is 11.8 Å². The molecule has 1 N–H and O–H groups in total. The maximum atomic E-state index is 11.3. The van der Waals surface area contributed by atoms with Crippen LogP contribution in [0.5, 0.6) is 5.75 Å². The number of carbonyl (C=O) groups is 1. The fraction of sp³-hybridized carbons (Fsp3) is 0.643. The van der Waals surface area contributed by atoms with Crippen molar-refractivity contribution in [3.05, 3.63) is 36.0 Å². The Morgan fingerprint density at radius 3 is 2.82 bits per heavy atom. The number of likely N-dealkylation sites (tertiary alicyclic amines) is 1. The smallest absolute Gasteiger partial charge is 0.303 e. The summed E-state index contributed by atoms with van der Waals surface area (Å²) in [7, 11) is 1.70. The third kappa shape index (κ3) is 7.11. The van der Waals surface area contributed by atoms with Gasteiger partial charge in [-0.15, -0.1) is 0 Å². The monoisotopic (exact) mass is 484 g/mol. The molecule has 5 nitrogen and oxygen atoms in total. The zero-order valence-electron chi connectivity index (χ0n) is 20.6. The minimum atomic E-state index is -0.662. The number of rotatable bonds is 12. The molecule has 0 unspecified atom stereocenters. The molecule has 1 saturated carbocycles. The van der Waals surface area contributed by atoms with E-state index in [9.17, 15) is 9.90 Å². The van der Waals surface area contributed by atoms with E-state index < -0.39 is 5.97 Å². The molecule has 1 aliphatic carbocycles. The maximum Gasteiger partial charge on any atom is 0.303 e. The van der Waals surface area contributed by atoms with E-state index in [1.165, 1.54) is 55.2 Å². The first-order valence-electron chi connectivity index (χ1n) is 13.1. The Morgan fingerprint density at radius 1 is 1.18 bits per heavy atom. The van der Waals surface area contributed by atoms with Crippen LogP contribution in [0.2, 0.25) is 0 Å². The highest BCUT2D eigenvalue weighted by atomic mass is 32.2. The Kier molecular flexibility index (Phi) is 9.51. The van der Waals surface area contributed by atoms with Crippen LogP contribution in [0, 0.1) is 11.8 Å². The molecule has 2 aliphatic rings. The van der Waals surface area contributed by atoms with Crippen molar-refractivity contribution in [3.63, 3.8) is 0 Å². The molecule has 186 valence electrons. The first-order chi connectivity index (χ1) is 16.6. The number of ether oxygens (including phenoxy) is 1. The number of aromatic nitrogens is 1. The van der Waals surface area contributed by atoms with Gasteiger partial charge in [0.05, 0.1) is 12.6 Å². The predicted molar refractivity (Wildman–Crippen MR) is 141 cm³/mol. The largest absolute Gasteiger partial charge is 0.497 e. The summed E-state index contributed by atoms with van der Waals surface area (Å²) in [5.41, 5.74) is 2.34. The van der Waals surface area contributed by atoms with Crippen LogP contribution in [0.1, 0.15) is 63.4 Å². The molecular weight excluding hydrogens is 444 g/mol. The molecule has 0 bridgehead atoms. The van der Waals surface area contributed by atoms with Gasteiger partial charge < -0.3 is 14.7 Å². The summed E-state index contributed by atoms with van der Waals surface area (Å²) in [4.78, 5) is 18.4. The maximum absolute atomic E-state index is 11.3. The predicted octanol–water partition coefficient (Wildman–Crippen LogP) is 6.04. The summed E-state index contributed by atoms with van der Waals surface area (Å²) in [6.45, 7) is 3.38. The molecule has 1 aromatic heterocycles. The molecule has 2 fully saturated rings. The highest BCUT2D eigenvalue weighted by Gasteiger charge is 2.29. The zero-order chi connectivity index (χ0) is 23.8. The fourth-order valence-corrected chi connectivity index (χ4v) is 7.22. The summed E-state index contributed by atoms with van der Waals surface area (Å²) in [6.07, 6.45) is 13.1. The number of nitrogens with zero attached hydrogens (tertiary/aromatic N) is 2. The third-order valence-electron chi connectivity index (χ3n) is 7.83. The molecule has 0 amide bonds. The normalized spacial score (nSPS) is 21.8. The Labute approximate surface area is 208 Å². The highest BCUT2D eigenvalue weighted by molar-refractivity contribution is 7.99. The third-order valence-corrected chi connectivity index (χ3v) is 9.19. The van der Waals surface area contributed by atoms with E-state index in [0.29, 0.717) is 18.3 Å². The van der Waals surface area contributed by atoms with Crippen LogP contribution in [-0.2, 0) is 11.2 Å². The molecule has 4 rings (SSSR count). The number of benzene rings is 1. The number of aryl methyl sites for hydroxylation is 1. The summed E-state index contributed by atoms with van der Waals surface area (Å²) >= 11 is 2.16. The van der Waals surface area contributed by atoms with Gasteiger partial charge in [-0.3, -0.25) is 9.78 Å². The first kappa shape index (κ1) is 25.3. The average Bonchev–Trinajstić information content (AvgIpc) is 3.37. The van der Waals surface area contributed by atoms with Gasteiger partial charge in [0, 0.05) is 42.1 Å². The van der Waals surface area contributed by atoms with E-state index in [-0.39, 0.29) is 0 Å². The number of pyridine rings is 1. The lowest BCUT2D eigenvalue weighted by Gasteiger charge is -2.39. The zero-order valence-corrected chi connectivity index (χ0v) is 21.4. The number of fused-ring (bicyclic) bond motifs is 1. The second-order valence-electron chi connectivity index (χ2n) is 10.1. The van der Waals surface area contributed by atoms with Crippen LogP contribution in [0.3, 0.4) is 0 Å². The van der Waals surface area contributed by atoms with Crippen LogP contribution in [0.4, 0.5) is 0 Å². The SMILES string of the molecule is COc1ccc2nccc(CCC[C@@H]3CCN(CCSC4CCCC4)C[C@@H]3CCC(=O)O)c2c1. The van der Waals surface area contributed by atoms with E-state index in [2.05, 4.69) is 33.8 Å². The van der Waals surface area contributed by atoms with Gasteiger partial charge in [-0.25, -0.2) is 0 Å². The van der Waals surface area contributed by atoms with Crippen molar-refractivity contribution in [1.29, 1.82) is 0 Å². The molecule has 0 radical (unpaired) electrons. The summed E-state index contributed by atoms with van der Waals surface area (Å²) < 4.78 is 5.42. The number of aliphatic carboxylic acids is 1. The molecular formula is C28H40N2O3S. The standard InChI is InChI=1S/C28H40N2O3S/c1-33-24-10-11-27-26(19-24)22(13-15-29-27)6-4-5-21-14-16-30(20-23(21)9-12-28(31)32)17-18-34-25-7-2-3-8-25/h10-11,13,15,19,21,23,25H,2-9,12,14,16-18,20H2,1H3,(H,31,32)/t21-,23+/m1/s1. The topological polar surface area (TPSA) is 62.7 Å². The lowest BCUT2D eigenvalue weighted by molar-refractivity contribution is -0.137. The van der Waals surface area contributed by atoms with Gasteiger partial charge in [-0.1, -0.05) is 12.8 Å². The molecule has 6 heteroatoms. The number of hydrogen-bond acceptors (Lipinski definition) is 5. The number of hydrogen-bond donors (Lipinski definition) is 1. The second-order valence-corrected chi connectivity index (χ2v) is 11.5. The lowest BCUT2D eigenvalue weighted by Crippen LogP contribution is -2.41. The summed E-state index contributed by atoms with van der Waals surface area (Å²) in [5.74, 6) is 2.55. The van der Waals surface area contributed by atoms with Gasteiger partial charge >= 0.3 is 5.97 Å². The molecule has 1 aliphatic heterocycles. The molecule has 2 atom stereocenters. The van der Waals surface area contributed by atoms with Crippen LogP contribution in [0.15, 0.2) is 30.5 Å². The van der Waals surface area contributed by atoms with E-state index in [0.717, 1.165) is 55.4 Å². The van der Waals surface area contributed by atoms with Gasteiger partial charge in [0.25, 0.3) is 0 Å². The average molecular weight is 485 g/mol. The van der Waals surface area contributed by atoms with Crippen LogP contribution < -0.4 is 4.74 Å². The molecule has 2 heterocycles. The van der Waals surface area contributed by atoms with Crippen molar-refractivity contribution in [3.8, 4) is 5.75 Å². The number of methoxy groups -OCH3 is 1. The second kappa shape index (κ2) is 12.8. The van der Waals surface area contributed by atoms with Crippen molar-refractivity contribution in [2.45, 2.75) is 69.5 Å². The lowest BCUT2D eigenvalue weighted by atomic mass is 9.79. The Morgan fingerprint density at radius 2 is 2.03 bits per heavy atom. The van der Waals surface area contributed by atoms with Crippen molar-refractivity contribution < 1.29 is 14.6 Å². The van der Waals surface area contributed by atoms with E-state index in [1.807, 2.05) is 18.3 Å². The number of piperidine rings is 1. The van der Waals surface area contributed by atoms with Gasteiger partial charge in [0.1, 0.15) is 5.75 Å². The summed E-state index contributed by atoms with van der Waals surface area (Å²) in [5, 5.41) is 11.4. The van der Waals surface area contributed by atoms with Crippen LogP contribution in [-0.4, -0.2) is 58.7 Å². The molecule has 2 aromatic rings. The molecule has 1 aromatic carbocycles. The van der Waals surface area contributed by atoms with Gasteiger partial charge in [-0.05, 0) is 93.2 Å². The van der Waals surface area contributed by atoms with Gasteiger partial charge in [0.2, 0.25) is 0 Å². The van der Waals surface area contributed by atoms with E-state index in [4.69, 9.17) is 4.74 Å². The molecule has 1 saturated heterocycles. The first-order valence-corrected chi connectivity index (χ1v) is 14.1. The quantitative estimate of drug-likeness (QED) is 0.396. The van der Waals surface area contributed by atoms with E-state index in [1.54, 1.807) is 7.11 Å². The van der Waals surface area contributed by atoms with Crippen molar-refractivity contribution >= 4 is 28.6 Å². The highest BCUT2D eigenvalue weighted by Crippen LogP contribution is 2.33. The summed E-state index contributed by atoms with van der Waals surface area (Å²) in [6, 6.07) is 8.22. The Bertz CT molecular complexity index is 931. The minimum Gasteiger partial charge on any atom is -0.497 e. The number of carboxylic acids is 1. The van der Waals surface area contributed by atoms with Crippen molar-refractivity contribution in [2.24, 2.45) is 11.8 Å².